The molecule has 1 aliphatic heterocycles. The number of aromatic nitrogens is 1. The predicted octanol–water partition coefficient (Wildman–Crippen LogP) is 2.76. The van der Waals surface area contributed by atoms with E-state index in [-0.39, 0.29) is 11.8 Å². The van der Waals surface area contributed by atoms with Crippen LogP contribution in [-0.4, -0.2) is 22.9 Å². The second-order valence-electron chi connectivity index (χ2n) is 5.68. The van der Waals surface area contributed by atoms with Crippen LogP contribution in [0.25, 0.3) is 0 Å². The lowest BCUT2D eigenvalue weighted by Gasteiger charge is -2.23. The fourth-order valence-corrected chi connectivity index (χ4v) is 2.49. The van der Waals surface area contributed by atoms with Crippen molar-refractivity contribution in [3.8, 4) is 5.75 Å². The molecule has 2 aromatic rings. The van der Waals surface area contributed by atoms with Crippen LogP contribution in [0.15, 0.2) is 42.6 Å². The summed E-state index contributed by atoms with van der Waals surface area (Å²) in [5, 5.41) is 5.60. The van der Waals surface area contributed by atoms with Gasteiger partial charge in [-0.3, -0.25) is 14.6 Å². The summed E-state index contributed by atoms with van der Waals surface area (Å²) < 4.78 is 5.49. The number of carbonyl (C=O) groups excluding carboxylic acids is 2. The molecule has 6 heteroatoms. The maximum atomic E-state index is 12.0. The summed E-state index contributed by atoms with van der Waals surface area (Å²) in [6, 6.07) is 11.0. The van der Waals surface area contributed by atoms with Gasteiger partial charge in [0, 0.05) is 24.0 Å². The van der Waals surface area contributed by atoms with Crippen LogP contribution in [0.1, 0.15) is 25.5 Å². The first-order valence-corrected chi connectivity index (χ1v) is 7.93. The largest absolute Gasteiger partial charge is 0.479 e. The quantitative estimate of drug-likeness (QED) is 0.886. The molecule has 24 heavy (non-hydrogen) atoms. The third kappa shape index (κ3) is 3.90. The normalized spacial score (nSPS) is 15.9. The van der Waals surface area contributed by atoms with E-state index in [2.05, 4.69) is 15.6 Å². The van der Waals surface area contributed by atoms with E-state index in [1.807, 2.05) is 18.2 Å². The van der Waals surface area contributed by atoms with E-state index >= 15 is 0 Å². The lowest BCUT2D eigenvalue weighted by atomic mass is 10.1. The maximum absolute atomic E-state index is 12.0. The van der Waals surface area contributed by atoms with Gasteiger partial charge in [0.15, 0.2) is 6.10 Å². The molecule has 3 rings (SSSR count). The van der Waals surface area contributed by atoms with Gasteiger partial charge in [-0.2, -0.15) is 0 Å². The lowest BCUT2D eigenvalue weighted by molar-refractivity contribution is -0.122. The number of benzene rings is 1. The molecule has 1 aliphatic rings. The van der Waals surface area contributed by atoms with Crippen LogP contribution >= 0.6 is 0 Å². The highest BCUT2D eigenvalue weighted by atomic mass is 16.5. The van der Waals surface area contributed by atoms with Crippen molar-refractivity contribution in [1.29, 1.82) is 0 Å². The highest BCUT2D eigenvalue weighted by Gasteiger charge is 2.23. The van der Waals surface area contributed by atoms with Crippen molar-refractivity contribution in [2.75, 3.05) is 10.6 Å². The van der Waals surface area contributed by atoms with E-state index in [9.17, 15) is 9.59 Å². The van der Waals surface area contributed by atoms with Crippen molar-refractivity contribution >= 4 is 23.2 Å². The molecule has 0 bridgehead atoms. The fraction of sp³-hybridized carbons (Fsp3) is 0.278. The summed E-state index contributed by atoms with van der Waals surface area (Å²) in [6.07, 6.45) is 3.14. The molecule has 1 aromatic carbocycles. The van der Waals surface area contributed by atoms with Crippen molar-refractivity contribution in [3.63, 3.8) is 0 Å². The molecule has 0 fully saturated rings. The third-order valence-electron chi connectivity index (χ3n) is 3.76. The topological polar surface area (TPSA) is 80.3 Å². The van der Waals surface area contributed by atoms with E-state index in [0.717, 1.165) is 18.5 Å². The number of carbonyl (C=O) groups is 2. The number of hydrogen-bond acceptors (Lipinski definition) is 4. The second-order valence-corrected chi connectivity index (χ2v) is 5.68. The van der Waals surface area contributed by atoms with Gasteiger partial charge in [-0.05, 0) is 50.1 Å². The van der Waals surface area contributed by atoms with Crippen LogP contribution in [0, 0.1) is 0 Å². The Morgan fingerprint density at radius 3 is 3.00 bits per heavy atom. The molecular weight excluding hydrogens is 306 g/mol. The van der Waals surface area contributed by atoms with Crippen molar-refractivity contribution < 1.29 is 14.3 Å². The molecule has 0 spiro atoms. The van der Waals surface area contributed by atoms with E-state index < -0.39 is 6.10 Å². The van der Waals surface area contributed by atoms with Gasteiger partial charge in [-0.1, -0.05) is 6.07 Å². The van der Waals surface area contributed by atoms with Crippen LogP contribution in [0.4, 0.5) is 11.4 Å². The van der Waals surface area contributed by atoms with Crippen LogP contribution in [-0.2, 0) is 16.0 Å². The number of nitrogens with one attached hydrogen (secondary N) is 2. The summed E-state index contributed by atoms with van der Waals surface area (Å²) in [5.74, 6) is 0.346. The van der Waals surface area contributed by atoms with E-state index in [1.54, 1.807) is 31.3 Å². The Morgan fingerprint density at radius 1 is 1.33 bits per heavy atom. The highest BCUT2D eigenvalue weighted by Crippen LogP contribution is 2.32. The molecule has 124 valence electrons. The Labute approximate surface area is 140 Å². The maximum Gasteiger partial charge on any atom is 0.265 e. The van der Waals surface area contributed by atoms with E-state index in [4.69, 9.17) is 4.74 Å². The van der Waals surface area contributed by atoms with Gasteiger partial charge in [0.2, 0.25) is 5.91 Å². The Bertz CT molecular complexity index is 746. The van der Waals surface area contributed by atoms with Crippen molar-refractivity contribution in [3.05, 3.63) is 48.3 Å². The van der Waals surface area contributed by atoms with Gasteiger partial charge >= 0.3 is 0 Å². The molecule has 2 amide bonds. The van der Waals surface area contributed by atoms with E-state index in [1.165, 1.54) is 0 Å². The Hall–Kier alpha value is -2.89. The summed E-state index contributed by atoms with van der Waals surface area (Å²) in [7, 11) is 0. The smallest absolute Gasteiger partial charge is 0.265 e. The molecule has 0 radical (unpaired) electrons. The first-order valence-electron chi connectivity index (χ1n) is 7.93. The van der Waals surface area contributed by atoms with Crippen molar-refractivity contribution in [2.24, 2.45) is 0 Å². The third-order valence-corrected chi connectivity index (χ3v) is 3.76. The first kappa shape index (κ1) is 16.0. The number of rotatable bonds is 5. The molecule has 1 aromatic heterocycles. The standard InChI is InChI=1S/C18H19N3O3/c1-12-18(23)21-15-11-14(8-9-16(15)24-12)20-17(22)7-4-6-13-5-2-3-10-19-13/h2-3,5,8-12H,4,6-7H2,1H3,(H,20,22)(H,21,23)/t12-/m0/s1. The summed E-state index contributed by atoms with van der Waals surface area (Å²) >= 11 is 0. The van der Waals surface area contributed by atoms with Crippen molar-refractivity contribution in [1.82, 2.24) is 4.98 Å². The van der Waals surface area contributed by atoms with Gasteiger partial charge < -0.3 is 15.4 Å². The van der Waals surface area contributed by atoms with Crippen LogP contribution < -0.4 is 15.4 Å². The van der Waals surface area contributed by atoms with Gasteiger partial charge in [-0.25, -0.2) is 0 Å². The van der Waals surface area contributed by atoms with Crippen molar-refractivity contribution in [2.45, 2.75) is 32.3 Å². The second kappa shape index (κ2) is 7.12. The van der Waals surface area contributed by atoms with Gasteiger partial charge in [-0.15, -0.1) is 0 Å². The first-order chi connectivity index (χ1) is 11.6. The number of amides is 2. The molecule has 0 aliphatic carbocycles. The minimum Gasteiger partial charge on any atom is -0.479 e. The predicted molar refractivity (Wildman–Crippen MR) is 91.0 cm³/mol. The van der Waals surface area contributed by atoms with Crippen LogP contribution in [0.2, 0.25) is 0 Å². The number of pyridine rings is 1. The van der Waals surface area contributed by atoms with Gasteiger partial charge in [0.25, 0.3) is 5.91 Å². The number of aryl methyl sites for hydroxylation is 1. The molecule has 6 nitrogen and oxygen atoms in total. The zero-order chi connectivity index (χ0) is 16.9. The Balaban J connectivity index is 1.53. The van der Waals surface area contributed by atoms with Gasteiger partial charge in [0.1, 0.15) is 5.75 Å². The minimum absolute atomic E-state index is 0.0673. The number of ether oxygens (including phenoxy) is 1. The Kier molecular flexibility index (Phi) is 4.74. The zero-order valence-corrected chi connectivity index (χ0v) is 13.4. The average molecular weight is 325 g/mol. The number of fused-ring (bicyclic) bond motifs is 1. The molecule has 0 unspecified atom stereocenters. The Morgan fingerprint density at radius 2 is 2.21 bits per heavy atom. The fourth-order valence-electron chi connectivity index (χ4n) is 2.49. The summed E-state index contributed by atoms with van der Waals surface area (Å²) in [5.41, 5.74) is 2.19. The molecular formula is C18H19N3O3. The monoisotopic (exact) mass is 325 g/mol. The van der Waals surface area contributed by atoms with Crippen LogP contribution in [0.3, 0.4) is 0 Å². The summed E-state index contributed by atoms with van der Waals surface area (Å²) in [6.45, 7) is 1.69. The van der Waals surface area contributed by atoms with Gasteiger partial charge in [0.05, 0.1) is 5.69 Å². The highest BCUT2D eigenvalue weighted by molar-refractivity contribution is 5.99. The average Bonchev–Trinajstić information content (AvgIpc) is 2.57. The minimum atomic E-state index is -0.510. The summed E-state index contributed by atoms with van der Waals surface area (Å²) in [4.78, 5) is 27.9. The van der Waals surface area contributed by atoms with E-state index in [0.29, 0.717) is 23.5 Å². The number of nitrogens with zero attached hydrogens (tertiary/aromatic N) is 1. The molecule has 2 N–H and O–H groups in total. The SMILES string of the molecule is C[C@@H]1Oc2ccc(NC(=O)CCCc3ccccn3)cc2NC1=O. The van der Waals surface area contributed by atoms with Crippen LogP contribution in [0.5, 0.6) is 5.75 Å². The molecule has 1 atom stereocenters. The lowest BCUT2D eigenvalue weighted by Crippen LogP contribution is -2.34. The zero-order valence-electron chi connectivity index (χ0n) is 13.4. The number of anilines is 2. The molecule has 0 saturated carbocycles. The molecule has 0 saturated heterocycles. The number of hydrogen-bond donors (Lipinski definition) is 2. The molecule has 2 heterocycles.